The van der Waals surface area contributed by atoms with Crippen molar-refractivity contribution in [2.24, 2.45) is 23.2 Å². The molecule has 1 aliphatic heterocycles. The SMILES string of the molecule is Cl.O=C(NCCN1CCN(c2ccc(Cl)cc2)CC1)C12CC3CC(CC(C3)C1)C2. The highest BCUT2D eigenvalue weighted by Crippen LogP contribution is 2.60. The van der Waals surface area contributed by atoms with E-state index in [4.69, 9.17) is 11.6 Å². The summed E-state index contributed by atoms with van der Waals surface area (Å²) in [6.07, 6.45) is 7.65. The molecule has 6 rings (SSSR count). The molecule has 1 heterocycles. The van der Waals surface area contributed by atoms with Gasteiger partial charge in [-0.1, -0.05) is 11.6 Å². The molecule has 1 aromatic rings. The Kier molecular flexibility index (Phi) is 6.34. The second kappa shape index (κ2) is 8.64. The van der Waals surface area contributed by atoms with Crippen molar-refractivity contribution >= 4 is 35.6 Å². The summed E-state index contributed by atoms with van der Waals surface area (Å²) in [6.45, 7) is 5.93. The second-order valence-electron chi connectivity index (χ2n) is 9.76. The quantitative estimate of drug-likeness (QED) is 0.748. The Bertz CT molecular complexity index is 680. The molecule has 1 amide bonds. The fourth-order valence-electron chi connectivity index (χ4n) is 6.79. The molecule has 29 heavy (non-hydrogen) atoms. The van der Waals surface area contributed by atoms with Gasteiger partial charge in [0.25, 0.3) is 0 Å². The molecule has 0 aromatic heterocycles. The van der Waals surface area contributed by atoms with Crippen LogP contribution >= 0.6 is 24.0 Å². The lowest BCUT2D eigenvalue weighted by atomic mass is 9.49. The summed E-state index contributed by atoms with van der Waals surface area (Å²) in [5.74, 6) is 2.86. The number of amides is 1. The van der Waals surface area contributed by atoms with Gasteiger partial charge in [-0.25, -0.2) is 0 Å². The molecule has 0 radical (unpaired) electrons. The molecule has 5 aliphatic rings. The van der Waals surface area contributed by atoms with Gasteiger partial charge in [0, 0.05) is 55.4 Å². The van der Waals surface area contributed by atoms with Gasteiger partial charge >= 0.3 is 0 Å². The Hall–Kier alpha value is -0.970. The van der Waals surface area contributed by atoms with Crippen LogP contribution in [-0.4, -0.2) is 50.1 Å². The first-order valence-corrected chi connectivity index (χ1v) is 11.5. The molecule has 5 fully saturated rings. The predicted octanol–water partition coefficient (Wildman–Crippen LogP) is 4.22. The normalized spacial score (nSPS) is 33.4. The van der Waals surface area contributed by atoms with Crippen LogP contribution in [0.15, 0.2) is 24.3 Å². The second-order valence-corrected chi connectivity index (χ2v) is 10.2. The monoisotopic (exact) mass is 437 g/mol. The number of anilines is 1. The number of piperazine rings is 1. The number of hydrogen-bond donors (Lipinski definition) is 1. The third kappa shape index (κ3) is 4.40. The van der Waals surface area contributed by atoms with Gasteiger partial charge in [0.1, 0.15) is 0 Å². The van der Waals surface area contributed by atoms with E-state index >= 15 is 0 Å². The van der Waals surface area contributed by atoms with Gasteiger partial charge in [-0.15, -0.1) is 12.4 Å². The number of hydrogen-bond acceptors (Lipinski definition) is 3. The average molecular weight is 438 g/mol. The Balaban J connectivity index is 0.00000205. The Morgan fingerprint density at radius 3 is 2.07 bits per heavy atom. The lowest BCUT2D eigenvalue weighted by Crippen LogP contribution is -2.54. The highest BCUT2D eigenvalue weighted by molar-refractivity contribution is 6.30. The highest BCUT2D eigenvalue weighted by Gasteiger charge is 2.54. The van der Waals surface area contributed by atoms with Crippen LogP contribution in [0.25, 0.3) is 0 Å². The lowest BCUT2D eigenvalue weighted by Gasteiger charge is -2.55. The molecule has 0 spiro atoms. The van der Waals surface area contributed by atoms with E-state index in [0.717, 1.165) is 81.3 Å². The minimum absolute atomic E-state index is 0. The third-order valence-corrected chi connectivity index (χ3v) is 8.05. The summed E-state index contributed by atoms with van der Waals surface area (Å²) in [6, 6.07) is 8.12. The van der Waals surface area contributed by atoms with Crippen molar-refractivity contribution in [1.29, 1.82) is 0 Å². The smallest absolute Gasteiger partial charge is 0.226 e. The maximum atomic E-state index is 13.1. The molecule has 0 atom stereocenters. The number of carbonyl (C=O) groups is 1. The van der Waals surface area contributed by atoms with Crippen molar-refractivity contribution in [3.05, 3.63) is 29.3 Å². The molecule has 4 saturated carbocycles. The van der Waals surface area contributed by atoms with Crippen LogP contribution in [0.5, 0.6) is 0 Å². The van der Waals surface area contributed by atoms with Crippen LogP contribution < -0.4 is 10.2 Å². The van der Waals surface area contributed by atoms with Crippen LogP contribution in [0.2, 0.25) is 5.02 Å². The Labute approximate surface area is 185 Å². The summed E-state index contributed by atoms with van der Waals surface area (Å²) in [7, 11) is 0. The minimum Gasteiger partial charge on any atom is -0.369 e. The summed E-state index contributed by atoms with van der Waals surface area (Å²) in [5, 5.41) is 4.12. The van der Waals surface area contributed by atoms with Gasteiger partial charge in [-0.3, -0.25) is 9.69 Å². The number of rotatable bonds is 5. The number of halogens is 2. The van der Waals surface area contributed by atoms with Crippen LogP contribution in [0.3, 0.4) is 0 Å². The maximum Gasteiger partial charge on any atom is 0.226 e. The standard InChI is InChI=1S/C23H32ClN3O.ClH/c24-20-1-3-21(4-2-20)27-9-7-26(8-10-27)6-5-25-22(28)23-14-17-11-18(15-23)13-19(12-17)16-23;/h1-4,17-19H,5-16H2,(H,25,28);1H. The van der Waals surface area contributed by atoms with Crippen molar-refractivity contribution in [2.45, 2.75) is 38.5 Å². The van der Waals surface area contributed by atoms with E-state index in [9.17, 15) is 4.79 Å². The van der Waals surface area contributed by atoms with Crippen molar-refractivity contribution in [3.8, 4) is 0 Å². The van der Waals surface area contributed by atoms with Gasteiger partial charge in [-0.05, 0) is 80.5 Å². The van der Waals surface area contributed by atoms with Crippen LogP contribution in [0, 0.1) is 23.2 Å². The zero-order chi connectivity index (χ0) is 19.1. The van der Waals surface area contributed by atoms with E-state index in [1.807, 2.05) is 12.1 Å². The first kappa shape index (κ1) is 21.3. The number of nitrogens with zero attached hydrogens (tertiary/aromatic N) is 2. The average Bonchev–Trinajstić information content (AvgIpc) is 2.68. The van der Waals surface area contributed by atoms with Gasteiger partial charge in [-0.2, -0.15) is 0 Å². The molecule has 4 bridgehead atoms. The summed E-state index contributed by atoms with van der Waals surface area (Å²) in [5.41, 5.74) is 1.24. The Morgan fingerprint density at radius 2 is 1.52 bits per heavy atom. The summed E-state index contributed by atoms with van der Waals surface area (Å²) < 4.78 is 0. The van der Waals surface area contributed by atoms with Crippen molar-refractivity contribution in [2.75, 3.05) is 44.2 Å². The van der Waals surface area contributed by atoms with E-state index in [2.05, 4.69) is 27.2 Å². The Morgan fingerprint density at radius 1 is 0.966 bits per heavy atom. The fourth-order valence-corrected chi connectivity index (χ4v) is 6.91. The molecular weight excluding hydrogens is 405 g/mol. The summed E-state index contributed by atoms with van der Waals surface area (Å²) >= 11 is 5.99. The largest absolute Gasteiger partial charge is 0.369 e. The minimum atomic E-state index is -0.0119. The molecule has 1 aromatic carbocycles. The van der Waals surface area contributed by atoms with E-state index in [0.29, 0.717) is 5.91 Å². The van der Waals surface area contributed by atoms with Crippen molar-refractivity contribution in [1.82, 2.24) is 10.2 Å². The first-order chi connectivity index (χ1) is 13.6. The van der Waals surface area contributed by atoms with Gasteiger partial charge in [0.05, 0.1) is 0 Å². The molecule has 6 heteroatoms. The zero-order valence-electron chi connectivity index (χ0n) is 17.1. The van der Waals surface area contributed by atoms with Gasteiger partial charge in [0.15, 0.2) is 0 Å². The van der Waals surface area contributed by atoms with Crippen molar-refractivity contribution < 1.29 is 4.79 Å². The van der Waals surface area contributed by atoms with Gasteiger partial charge < -0.3 is 10.2 Å². The lowest BCUT2D eigenvalue weighted by molar-refractivity contribution is -0.146. The fraction of sp³-hybridized carbons (Fsp3) is 0.696. The first-order valence-electron chi connectivity index (χ1n) is 11.1. The van der Waals surface area contributed by atoms with Crippen LogP contribution in [0.1, 0.15) is 38.5 Å². The topological polar surface area (TPSA) is 35.6 Å². The molecule has 0 unspecified atom stereocenters. The highest BCUT2D eigenvalue weighted by atomic mass is 35.5. The summed E-state index contributed by atoms with van der Waals surface area (Å²) in [4.78, 5) is 18.0. The van der Waals surface area contributed by atoms with Crippen LogP contribution in [0.4, 0.5) is 5.69 Å². The van der Waals surface area contributed by atoms with E-state index in [1.165, 1.54) is 24.9 Å². The molecule has 4 aliphatic carbocycles. The van der Waals surface area contributed by atoms with E-state index in [1.54, 1.807) is 0 Å². The van der Waals surface area contributed by atoms with Crippen LogP contribution in [-0.2, 0) is 4.79 Å². The van der Waals surface area contributed by atoms with E-state index in [-0.39, 0.29) is 17.8 Å². The van der Waals surface area contributed by atoms with Crippen molar-refractivity contribution in [3.63, 3.8) is 0 Å². The number of carbonyl (C=O) groups excluding carboxylic acids is 1. The zero-order valence-corrected chi connectivity index (χ0v) is 18.7. The number of nitrogens with one attached hydrogen (secondary N) is 1. The molecule has 160 valence electrons. The van der Waals surface area contributed by atoms with Gasteiger partial charge in [0.2, 0.25) is 5.91 Å². The third-order valence-electron chi connectivity index (χ3n) is 7.80. The molecule has 1 saturated heterocycles. The molecular formula is C23H33Cl2N3O. The molecule has 1 N–H and O–H groups in total. The molecule has 4 nitrogen and oxygen atoms in total. The maximum absolute atomic E-state index is 13.1. The number of benzene rings is 1. The predicted molar refractivity (Wildman–Crippen MR) is 121 cm³/mol. The van der Waals surface area contributed by atoms with E-state index < -0.39 is 0 Å².